The predicted molar refractivity (Wildman–Crippen MR) is 140 cm³/mol. The summed E-state index contributed by atoms with van der Waals surface area (Å²) >= 11 is 6.50. The molecule has 186 valence electrons. The van der Waals surface area contributed by atoms with Crippen molar-refractivity contribution in [2.75, 3.05) is 7.11 Å². The second kappa shape index (κ2) is 9.03. The van der Waals surface area contributed by atoms with Gasteiger partial charge in [-0.2, -0.15) is 0 Å². The van der Waals surface area contributed by atoms with Gasteiger partial charge in [0.05, 0.1) is 23.9 Å². The summed E-state index contributed by atoms with van der Waals surface area (Å²) in [5.74, 6) is -0.835. The topological polar surface area (TPSA) is 127 Å². The SMILES string of the molecule is COc1cccc(-c2ccc(-n3c(Cl)cc4[nH]c(=O)n(-c5cc(C)cc(C(=O)O)c5)c(=O)c43)cc2)c1O. The summed E-state index contributed by atoms with van der Waals surface area (Å²) in [5.41, 5.74) is 1.41. The van der Waals surface area contributed by atoms with Gasteiger partial charge in [0.1, 0.15) is 10.7 Å². The Kier molecular flexibility index (Phi) is 5.85. The summed E-state index contributed by atoms with van der Waals surface area (Å²) in [5, 5.41) is 20.1. The number of benzene rings is 3. The number of aromatic hydroxyl groups is 1. The van der Waals surface area contributed by atoms with E-state index < -0.39 is 17.2 Å². The molecule has 0 radical (unpaired) electrons. The van der Waals surface area contributed by atoms with Crippen molar-refractivity contribution in [1.29, 1.82) is 0 Å². The van der Waals surface area contributed by atoms with Gasteiger partial charge in [-0.1, -0.05) is 35.9 Å². The van der Waals surface area contributed by atoms with Crippen LogP contribution < -0.4 is 16.0 Å². The van der Waals surface area contributed by atoms with Crippen LogP contribution in [0.25, 0.3) is 33.5 Å². The average molecular weight is 518 g/mol. The molecule has 0 fully saturated rings. The molecule has 0 saturated heterocycles. The number of carbonyl (C=O) groups is 1. The standard InChI is InChI=1S/C27H20ClN3O6/c1-14-10-16(26(34)35)12-18(11-14)31-25(33)23-20(29-27(31)36)13-22(28)30(23)17-8-6-15(7-9-17)19-4-3-5-21(37-2)24(19)32/h3-13,32H,1-2H3,(H,29,36)(H,34,35). The number of methoxy groups -OCH3 is 1. The lowest BCUT2D eigenvalue weighted by Crippen LogP contribution is -2.34. The van der Waals surface area contributed by atoms with E-state index in [1.807, 2.05) is 0 Å². The second-order valence-corrected chi connectivity index (χ2v) is 8.79. The Morgan fingerprint density at radius 2 is 1.70 bits per heavy atom. The second-order valence-electron chi connectivity index (χ2n) is 8.40. The Morgan fingerprint density at radius 3 is 2.38 bits per heavy atom. The number of phenolic OH excluding ortho intramolecular Hbond substituents is 1. The number of fused-ring (bicyclic) bond motifs is 1. The molecule has 0 aliphatic heterocycles. The number of ether oxygens (including phenoxy) is 1. The maximum absolute atomic E-state index is 13.6. The first kappa shape index (κ1) is 24.0. The fourth-order valence-corrected chi connectivity index (χ4v) is 4.66. The van der Waals surface area contributed by atoms with E-state index in [4.69, 9.17) is 16.3 Å². The first-order valence-corrected chi connectivity index (χ1v) is 11.5. The number of nitrogens with zero attached hydrogens (tertiary/aromatic N) is 2. The first-order chi connectivity index (χ1) is 17.7. The summed E-state index contributed by atoms with van der Waals surface area (Å²) < 4.78 is 7.56. The van der Waals surface area contributed by atoms with Gasteiger partial charge in [-0.15, -0.1) is 0 Å². The van der Waals surface area contributed by atoms with Crippen molar-refractivity contribution in [3.63, 3.8) is 0 Å². The maximum atomic E-state index is 13.6. The van der Waals surface area contributed by atoms with E-state index in [0.717, 1.165) is 4.57 Å². The maximum Gasteiger partial charge on any atom is 0.335 e. The molecule has 2 heterocycles. The Balaban J connectivity index is 1.69. The zero-order valence-corrected chi connectivity index (χ0v) is 20.4. The molecule has 0 aliphatic carbocycles. The third kappa shape index (κ3) is 4.05. The minimum absolute atomic E-state index is 0.00143. The number of aromatic amines is 1. The third-order valence-electron chi connectivity index (χ3n) is 6.03. The Hall–Kier alpha value is -4.76. The van der Waals surface area contributed by atoms with Gasteiger partial charge in [-0.05, 0) is 60.5 Å². The fraction of sp³-hybridized carbons (Fsp3) is 0.0741. The summed E-state index contributed by atoms with van der Waals surface area (Å²) in [6.07, 6.45) is 0. The molecule has 2 aromatic heterocycles. The van der Waals surface area contributed by atoms with Crippen LogP contribution in [-0.4, -0.2) is 37.4 Å². The van der Waals surface area contributed by atoms with Gasteiger partial charge in [-0.3, -0.25) is 9.36 Å². The van der Waals surface area contributed by atoms with Crippen molar-refractivity contribution in [3.05, 3.63) is 104 Å². The lowest BCUT2D eigenvalue weighted by molar-refractivity contribution is 0.0696. The summed E-state index contributed by atoms with van der Waals surface area (Å²) in [6.45, 7) is 1.68. The molecule has 0 bridgehead atoms. The first-order valence-electron chi connectivity index (χ1n) is 11.1. The van der Waals surface area contributed by atoms with Crippen LogP contribution in [-0.2, 0) is 0 Å². The molecule has 0 atom stereocenters. The molecule has 3 aromatic carbocycles. The van der Waals surface area contributed by atoms with Crippen molar-refractivity contribution >= 4 is 28.6 Å². The molecule has 9 nitrogen and oxygen atoms in total. The van der Waals surface area contributed by atoms with Crippen molar-refractivity contribution in [2.45, 2.75) is 6.92 Å². The number of hydrogen-bond acceptors (Lipinski definition) is 5. The number of rotatable bonds is 5. The number of para-hydroxylation sites is 1. The highest BCUT2D eigenvalue weighted by Crippen LogP contribution is 2.37. The van der Waals surface area contributed by atoms with Crippen molar-refractivity contribution in [3.8, 4) is 34.0 Å². The van der Waals surface area contributed by atoms with Crippen LogP contribution >= 0.6 is 11.6 Å². The number of carboxylic acid groups (broad SMARTS) is 1. The highest BCUT2D eigenvalue weighted by atomic mass is 35.5. The molecule has 0 aliphatic rings. The van der Waals surface area contributed by atoms with E-state index in [-0.39, 0.29) is 33.2 Å². The van der Waals surface area contributed by atoms with Gasteiger partial charge >= 0.3 is 11.7 Å². The molecule has 5 rings (SSSR count). The van der Waals surface area contributed by atoms with Crippen LogP contribution in [0.5, 0.6) is 11.5 Å². The van der Waals surface area contributed by atoms with E-state index in [1.54, 1.807) is 55.5 Å². The van der Waals surface area contributed by atoms with Crippen molar-refractivity contribution < 1.29 is 19.7 Å². The molecule has 0 unspecified atom stereocenters. The number of aromatic carboxylic acids is 1. The number of nitrogens with one attached hydrogen (secondary N) is 1. The van der Waals surface area contributed by atoms with E-state index in [0.29, 0.717) is 28.1 Å². The quantitative estimate of drug-likeness (QED) is 0.315. The highest BCUT2D eigenvalue weighted by Gasteiger charge is 2.19. The van der Waals surface area contributed by atoms with E-state index in [9.17, 15) is 24.6 Å². The largest absolute Gasteiger partial charge is 0.504 e. The van der Waals surface area contributed by atoms with Crippen LogP contribution in [0.15, 0.2) is 76.3 Å². The molecule has 0 spiro atoms. The predicted octanol–water partition coefficient (Wildman–Crippen LogP) is 4.51. The minimum Gasteiger partial charge on any atom is -0.504 e. The number of phenols is 1. The van der Waals surface area contributed by atoms with Crippen molar-refractivity contribution in [2.24, 2.45) is 0 Å². The van der Waals surface area contributed by atoms with E-state index in [2.05, 4.69) is 4.98 Å². The Bertz CT molecular complexity index is 1820. The van der Waals surface area contributed by atoms with Crippen LogP contribution in [0.3, 0.4) is 0 Å². The van der Waals surface area contributed by atoms with Crippen LogP contribution in [0.2, 0.25) is 5.15 Å². The fourth-order valence-electron chi connectivity index (χ4n) is 4.37. The van der Waals surface area contributed by atoms with Crippen LogP contribution in [0, 0.1) is 6.92 Å². The van der Waals surface area contributed by atoms with Crippen LogP contribution in [0.1, 0.15) is 15.9 Å². The van der Waals surface area contributed by atoms with Crippen molar-refractivity contribution in [1.82, 2.24) is 14.1 Å². The Morgan fingerprint density at radius 1 is 0.973 bits per heavy atom. The summed E-state index contributed by atoms with van der Waals surface area (Å²) in [6, 6.07) is 17.9. The van der Waals surface area contributed by atoms with Gasteiger partial charge < -0.3 is 19.9 Å². The van der Waals surface area contributed by atoms with E-state index in [1.165, 1.54) is 29.9 Å². The number of halogens is 1. The van der Waals surface area contributed by atoms with Gasteiger partial charge in [0.25, 0.3) is 5.56 Å². The third-order valence-corrected chi connectivity index (χ3v) is 6.31. The molecule has 0 amide bonds. The molecule has 5 aromatic rings. The highest BCUT2D eigenvalue weighted by molar-refractivity contribution is 6.31. The zero-order chi connectivity index (χ0) is 26.4. The molecule has 3 N–H and O–H groups in total. The average Bonchev–Trinajstić information content (AvgIpc) is 3.19. The monoisotopic (exact) mass is 517 g/mol. The lowest BCUT2D eigenvalue weighted by atomic mass is 10.0. The number of carboxylic acids is 1. The lowest BCUT2D eigenvalue weighted by Gasteiger charge is -2.12. The smallest absolute Gasteiger partial charge is 0.335 e. The van der Waals surface area contributed by atoms with Gasteiger partial charge in [0.15, 0.2) is 11.5 Å². The normalized spacial score (nSPS) is 11.1. The van der Waals surface area contributed by atoms with E-state index >= 15 is 0 Å². The van der Waals surface area contributed by atoms with Crippen LogP contribution in [0.4, 0.5) is 0 Å². The van der Waals surface area contributed by atoms with Gasteiger partial charge in [0, 0.05) is 11.3 Å². The minimum atomic E-state index is -1.18. The van der Waals surface area contributed by atoms with Gasteiger partial charge in [-0.25, -0.2) is 14.2 Å². The molecular formula is C27H20ClN3O6. The number of aryl methyl sites for hydroxylation is 1. The molecule has 37 heavy (non-hydrogen) atoms. The molecular weight excluding hydrogens is 498 g/mol. The molecule has 0 saturated carbocycles. The Labute approximate surface area is 214 Å². The number of H-pyrrole nitrogens is 1. The number of hydrogen-bond donors (Lipinski definition) is 3. The number of aromatic nitrogens is 3. The van der Waals surface area contributed by atoms with Gasteiger partial charge in [0.2, 0.25) is 0 Å². The summed E-state index contributed by atoms with van der Waals surface area (Å²) in [7, 11) is 1.47. The summed E-state index contributed by atoms with van der Waals surface area (Å²) in [4.78, 5) is 40.7. The zero-order valence-electron chi connectivity index (χ0n) is 19.7. The molecule has 10 heteroatoms.